The van der Waals surface area contributed by atoms with Crippen molar-refractivity contribution in [1.29, 1.82) is 0 Å². The van der Waals surface area contributed by atoms with Crippen LogP contribution in [-0.4, -0.2) is 27.3 Å². The lowest BCUT2D eigenvalue weighted by Crippen LogP contribution is -2.35. The zero-order valence-corrected chi connectivity index (χ0v) is 13.6. The van der Waals surface area contributed by atoms with Crippen LogP contribution in [0.25, 0.3) is 0 Å². The molecule has 1 aromatic carbocycles. The first-order valence-corrected chi connectivity index (χ1v) is 7.85. The van der Waals surface area contributed by atoms with Crippen molar-refractivity contribution >= 4 is 23.8 Å². The molecule has 2 aromatic rings. The summed E-state index contributed by atoms with van der Waals surface area (Å²) in [4.78, 5) is 31.0. The second-order valence-corrected chi connectivity index (χ2v) is 6.11. The van der Waals surface area contributed by atoms with Gasteiger partial charge in [0.05, 0.1) is 5.56 Å². The highest BCUT2D eigenvalue weighted by molar-refractivity contribution is 7.71. The molecule has 1 aromatic heterocycles. The number of rotatable bonds is 3. The normalized spacial score (nSPS) is 14.3. The van der Waals surface area contributed by atoms with Crippen molar-refractivity contribution in [1.82, 2.24) is 14.9 Å². The summed E-state index contributed by atoms with van der Waals surface area (Å²) in [6.07, 6.45) is 0.785. The van der Waals surface area contributed by atoms with Gasteiger partial charge in [0.15, 0.2) is 4.77 Å². The second kappa shape index (κ2) is 6.47. The molecule has 3 rings (SSSR count). The smallest absolute Gasteiger partial charge is 0.256 e. The summed E-state index contributed by atoms with van der Waals surface area (Å²) in [6, 6.07) is 7.75. The van der Waals surface area contributed by atoms with Crippen LogP contribution in [0.1, 0.15) is 23.7 Å². The van der Waals surface area contributed by atoms with Crippen molar-refractivity contribution in [3.8, 4) is 0 Å². The maximum absolute atomic E-state index is 12.0. The Hall–Kier alpha value is -2.25. The molecule has 7 heteroatoms. The van der Waals surface area contributed by atoms with Crippen LogP contribution in [-0.2, 0) is 24.3 Å². The Morgan fingerprint density at radius 3 is 2.74 bits per heavy atom. The second-order valence-electron chi connectivity index (χ2n) is 5.70. The van der Waals surface area contributed by atoms with Crippen LogP contribution in [0.4, 0.5) is 5.69 Å². The zero-order valence-electron chi connectivity index (χ0n) is 12.8. The fraction of sp³-hybridized carbons (Fsp3) is 0.312. The Labute approximate surface area is 138 Å². The molecule has 0 bridgehead atoms. The summed E-state index contributed by atoms with van der Waals surface area (Å²) in [5.41, 5.74) is 3.53. The van der Waals surface area contributed by atoms with Gasteiger partial charge in [0, 0.05) is 44.4 Å². The molecule has 1 aliphatic rings. The highest BCUT2D eigenvalue weighted by Gasteiger charge is 2.19. The molecule has 0 saturated heterocycles. The summed E-state index contributed by atoms with van der Waals surface area (Å²) in [6.45, 7) is 3.72. The van der Waals surface area contributed by atoms with Gasteiger partial charge in [0.25, 0.3) is 5.56 Å². The third-order valence-corrected chi connectivity index (χ3v) is 4.07. The number of anilines is 1. The van der Waals surface area contributed by atoms with Crippen LogP contribution in [0.5, 0.6) is 0 Å². The predicted octanol–water partition coefficient (Wildman–Crippen LogP) is 1.95. The lowest BCUT2D eigenvalue weighted by molar-refractivity contribution is -0.114. The summed E-state index contributed by atoms with van der Waals surface area (Å²) >= 11 is 5.01. The Bertz CT molecular complexity index is 838. The maximum atomic E-state index is 12.0. The van der Waals surface area contributed by atoms with Gasteiger partial charge in [0.1, 0.15) is 0 Å². The molecule has 0 spiro atoms. The van der Waals surface area contributed by atoms with Crippen molar-refractivity contribution in [2.75, 3.05) is 11.9 Å². The molecule has 0 radical (unpaired) electrons. The lowest BCUT2D eigenvalue weighted by atomic mass is 10.1. The Morgan fingerprint density at radius 1 is 1.30 bits per heavy atom. The van der Waals surface area contributed by atoms with Gasteiger partial charge in [-0.3, -0.25) is 19.5 Å². The van der Waals surface area contributed by atoms with Gasteiger partial charge in [-0.25, -0.2) is 0 Å². The Balaban J connectivity index is 1.71. The zero-order chi connectivity index (χ0) is 16.4. The van der Waals surface area contributed by atoms with Crippen LogP contribution < -0.4 is 10.9 Å². The minimum atomic E-state index is -0.102. The van der Waals surface area contributed by atoms with Crippen LogP contribution in [0, 0.1) is 4.77 Å². The number of hydrogen-bond acceptors (Lipinski definition) is 4. The first-order valence-electron chi connectivity index (χ1n) is 7.44. The topological polar surface area (TPSA) is 81.0 Å². The van der Waals surface area contributed by atoms with E-state index in [4.69, 9.17) is 12.2 Å². The van der Waals surface area contributed by atoms with E-state index < -0.39 is 0 Å². The van der Waals surface area contributed by atoms with Crippen molar-refractivity contribution < 1.29 is 4.79 Å². The number of carbonyl (C=O) groups excluding carboxylic acids is 1. The number of aromatic amines is 2. The number of aromatic nitrogens is 2. The molecular formula is C16H18N4O2S. The summed E-state index contributed by atoms with van der Waals surface area (Å²) in [7, 11) is 0. The molecule has 0 saturated carbocycles. The molecule has 1 amide bonds. The molecule has 1 aliphatic heterocycles. The molecule has 3 N–H and O–H groups in total. The van der Waals surface area contributed by atoms with Gasteiger partial charge >= 0.3 is 0 Å². The largest absolute Gasteiger partial charge is 0.335 e. The van der Waals surface area contributed by atoms with Crippen molar-refractivity contribution in [2.45, 2.75) is 26.4 Å². The van der Waals surface area contributed by atoms with Gasteiger partial charge in [-0.2, -0.15) is 0 Å². The van der Waals surface area contributed by atoms with Crippen molar-refractivity contribution in [3.05, 3.63) is 56.2 Å². The van der Waals surface area contributed by atoms with Crippen molar-refractivity contribution in [2.24, 2.45) is 0 Å². The average Bonchev–Trinajstić information content (AvgIpc) is 2.49. The first kappa shape index (κ1) is 15.6. The minimum absolute atomic E-state index is 0.0815. The van der Waals surface area contributed by atoms with E-state index in [9.17, 15) is 9.59 Å². The number of carbonyl (C=O) groups is 1. The standard InChI is InChI=1S/C16H18N4O2S/c1-10(21)17-12-4-2-11(3-5-12)8-20-7-6-14-13(9-20)15(22)19-16(23)18-14/h2-5H,6-9H2,1H3,(H,17,21)(H2,18,19,22,23). The maximum Gasteiger partial charge on any atom is 0.256 e. The molecule has 6 nitrogen and oxygen atoms in total. The number of benzene rings is 1. The monoisotopic (exact) mass is 330 g/mol. The van der Waals surface area contributed by atoms with E-state index in [-0.39, 0.29) is 11.5 Å². The van der Waals surface area contributed by atoms with Gasteiger partial charge in [-0.05, 0) is 29.9 Å². The van der Waals surface area contributed by atoms with E-state index >= 15 is 0 Å². The number of fused-ring (bicyclic) bond motifs is 1. The average molecular weight is 330 g/mol. The fourth-order valence-electron chi connectivity index (χ4n) is 2.80. The van der Waals surface area contributed by atoms with Crippen LogP contribution in [0.3, 0.4) is 0 Å². The molecular weight excluding hydrogens is 312 g/mol. The Kier molecular flexibility index (Phi) is 4.40. The van der Waals surface area contributed by atoms with Gasteiger partial charge in [0.2, 0.25) is 5.91 Å². The van der Waals surface area contributed by atoms with Gasteiger partial charge < -0.3 is 10.3 Å². The highest BCUT2D eigenvalue weighted by atomic mass is 32.1. The summed E-state index contributed by atoms with van der Waals surface area (Å²) < 4.78 is 0.385. The molecule has 0 atom stereocenters. The van der Waals surface area contributed by atoms with Crippen LogP contribution in [0.2, 0.25) is 0 Å². The third-order valence-electron chi connectivity index (χ3n) is 3.87. The molecule has 0 fully saturated rings. The SMILES string of the molecule is CC(=O)Nc1ccc(CN2CCc3[nH]c(=S)[nH]c(=O)c3C2)cc1. The number of nitrogens with one attached hydrogen (secondary N) is 3. The molecule has 0 aliphatic carbocycles. The summed E-state index contributed by atoms with van der Waals surface area (Å²) in [5, 5.41) is 2.75. The molecule has 2 heterocycles. The number of hydrogen-bond donors (Lipinski definition) is 3. The van der Waals surface area contributed by atoms with Crippen molar-refractivity contribution in [3.63, 3.8) is 0 Å². The lowest BCUT2D eigenvalue weighted by Gasteiger charge is -2.27. The van der Waals surface area contributed by atoms with Gasteiger partial charge in [-0.15, -0.1) is 0 Å². The van der Waals surface area contributed by atoms with E-state index in [0.29, 0.717) is 11.3 Å². The minimum Gasteiger partial charge on any atom is -0.335 e. The van der Waals surface area contributed by atoms with Gasteiger partial charge in [-0.1, -0.05) is 12.1 Å². The number of nitrogens with zero attached hydrogens (tertiary/aromatic N) is 1. The van der Waals surface area contributed by atoms with Crippen LogP contribution >= 0.6 is 12.2 Å². The summed E-state index contributed by atoms with van der Waals surface area (Å²) in [5.74, 6) is -0.0815. The van der Waals surface area contributed by atoms with E-state index in [0.717, 1.165) is 42.0 Å². The third kappa shape index (κ3) is 3.75. The van der Waals surface area contributed by atoms with E-state index in [1.165, 1.54) is 6.92 Å². The van der Waals surface area contributed by atoms with E-state index in [1.54, 1.807) is 0 Å². The number of H-pyrrole nitrogens is 2. The molecule has 120 valence electrons. The van der Waals surface area contributed by atoms with E-state index in [2.05, 4.69) is 20.2 Å². The highest BCUT2D eigenvalue weighted by Crippen LogP contribution is 2.17. The predicted molar refractivity (Wildman–Crippen MR) is 90.8 cm³/mol. The van der Waals surface area contributed by atoms with E-state index in [1.807, 2.05) is 24.3 Å². The molecule has 23 heavy (non-hydrogen) atoms. The quantitative estimate of drug-likeness (QED) is 0.752. The van der Waals surface area contributed by atoms with Crippen LogP contribution in [0.15, 0.2) is 29.1 Å². The fourth-order valence-corrected chi connectivity index (χ4v) is 3.02. The Morgan fingerprint density at radius 2 is 2.04 bits per heavy atom. The molecule has 0 unspecified atom stereocenters. The number of amides is 1. The first-order chi connectivity index (χ1) is 11.0.